The van der Waals surface area contributed by atoms with Crippen molar-refractivity contribution in [2.75, 3.05) is 25.9 Å². The Bertz CT molecular complexity index is 507. The lowest BCUT2D eigenvalue weighted by Gasteiger charge is -2.25. The van der Waals surface area contributed by atoms with Gasteiger partial charge in [0.1, 0.15) is 0 Å². The Kier molecular flexibility index (Phi) is 4.94. The molecule has 1 aromatic rings. The van der Waals surface area contributed by atoms with Gasteiger partial charge in [0.25, 0.3) is 0 Å². The van der Waals surface area contributed by atoms with E-state index < -0.39 is 10.0 Å². The summed E-state index contributed by atoms with van der Waals surface area (Å²) in [5.41, 5.74) is 2.68. The maximum absolute atomic E-state index is 12.3. The normalized spacial score (nSPS) is 20.9. The first-order valence-corrected chi connectivity index (χ1v) is 9.01. The quantitative estimate of drug-likeness (QED) is 0.888. The maximum atomic E-state index is 12.3. The molecule has 1 aromatic heterocycles. The highest BCUT2D eigenvalue weighted by Gasteiger charge is 2.25. The van der Waals surface area contributed by atoms with Gasteiger partial charge >= 0.3 is 0 Å². The van der Waals surface area contributed by atoms with Gasteiger partial charge < -0.3 is 5.32 Å². The molecule has 0 saturated carbocycles. The standard InChI is InChI=1S/C12H21N3O2S2/c1-10-12(18-9-14-10)7-15(2)19(16,17)8-11-4-3-5-13-6-11/h9,11,13H,3-8H2,1-2H3. The number of sulfonamides is 1. The summed E-state index contributed by atoms with van der Waals surface area (Å²) in [7, 11) is -1.52. The van der Waals surface area contributed by atoms with Crippen LogP contribution < -0.4 is 5.32 Å². The number of aryl methyl sites for hydroxylation is 1. The van der Waals surface area contributed by atoms with Gasteiger partial charge in [-0.2, -0.15) is 4.31 Å². The molecule has 0 radical (unpaired) electrons. The van der Waals surface area contributed by atoms with Crippen molar-refractivity contribution in [3.63, 3.8) is 0 Å². The van der Waals surface area contributed by atoms with Crippen LogP contribution in [0.25, 0.3) is 0 Å². The van der Waals surface area contributed by atoms with Crippen LogP contribution in [0.5, 0.6) is 0 Å². The lowest BCUT2D eigenvalue weighted by Crippen LogP contribution is -2.38. The number of nitrogens with zero attached hydrogens (tertiary/aromatic N) is 2. The van der Waals surface area contributed by atoms with E-state index in [0.717, 1.165) is 36.5 Å². The second kappa shape index (κ2) is 6.30. The average Bonchev–Trinajstić information content (AvgIpc) is 2.76. The molecule has 19 heavy (non-hydrogen) atoms. The Morgan fingerprint density at radius 1 is 1.58 bits per heavy atom. The lowest BCUT2D eigenvalue weighted by molar-refractivity contribution is 0.391. The molecule has 7 heteroatoms. The minimum absolute atomic E-state index is 0.240. The summed E-state index contributed by atoms with van der Waals surface area (Å²) in [6.07, 6.45) is 2.07. The summed E-state index contributed by atoms with van der Waals surface area (Å²) < 4.78 is 26.1. The molecule has 1 aliphatic heterocycles. The first-order valence-electron chi connectivity index (χ1n) is 6.53. The molecule has 0 amide bonds. The number of aromatic nitrogens is 1. The van der Waals surface area contributed by atoms with Crippen LogP contribution in [0.1, 0.15) is 23.4 Å². The van der Waals surface area contributed by atoms with Gasteiger partial charge in [0.15, 0.2) is 0 Å². The van der Waals surface area contributed by atoms with Crippen LogP contribution in [0, 0.1) is 12.8 Å². The van der Waals surface area contributed by atoms with E-state index in [1.165, 1.54) is 15.6 Å². The molecule has 1 fully saturated rings. The summed E-state index contributed by atoms with van der Waals surface area (Å²) >= 11 is 1.51. The Morgan fingerprint density at radius 2 is 2.37 bits per heavy atom. The van der Waals surface area contributed by atoms with E-state index in [-0.39, 0.29) is 11.7 Å². The van der Waals surface area contributed by atoms with Gasteiger partial charge in [0.2, 0.25) is 10.0 Å². The zero-order chi connectivity index (χ0) is 13.9. The topological polar surface area (TPSA) is 62.3 Å². The van der Waals surface area contributed by atoms with Crippen molar-refractivity contribution in [2.45, 2.75) is 26.3 Å². The van der Waals surface area contributed by atoms with Gasteiger partial charge in [-0.05, 0) is 38.8 Å². The molecular weight excluding hydrogens is 282 g/mol. The van der Waals surface area contributed by atoms with Crippen LogP contribution in [-0.4, -0.2) is 43.6 Å². The minimum atomic E-state index is -3.18. The third-order valence-electron chi connectivity index (χ3n) is 3.53. The second-order valence-electron chi connectivity index (χ2n) is 5.11. The fraction of sp³-hybridized carbons (Fsp3) is 0.750. The highest BCUT2D eigenvalue weighted by Crippen LogP contribution is 2.19. The molecule has 2 heterocycles. The number of nitrogens with one attached hydrogen (secondary N) is 1. The van der Waals surface area contributed by atoms with Crippen LogP contribution in [0.15, 0.2) is 5.51 Å². The van der Waals surface area contributed by atoms with Crippen molar-refractivity contribution in [1.82, 2.24) is 14.6 Å². The van der Waals surface area contributed by atoms with Crippen molar-refractivity contribution in [2.24, 2.45) is 5.92 Å². The van der Waals surface area contributed by atoms with E-state index in [9.17, 15) is 8.42 Å². The SMILES string of the molecule is Cc1ncsc1CN(C)S(=O)(=O)CC1CCCNC1. The Balaban J connectivity index is 1.96. The summed E-state index contributed by atoms with van der Waals surface area (Å²) in [5.74, 6) is 0.484. The average molecular weight is 303 g/mol. The summed E-state index contributed by atoms with van der Waals surface area (Å²) in [4.78, 5) is 5.18. The zero-order valence-electron chi connectivity index (χ0n) is 11.4. The molecule has 1 N–H and O–H groups in total. The Morgan fingerprint density at radius 3 is 2.95 bits per heavy atom. The predicted octanol–water partition coefficient (Wildman–Crippen LogP) is 1.21. The number of hydrogen-bond donors (Lipinski definition) is 1. The van der Waals surface area contributed by atoms with Crippen LogP contribution in [0.3, 0.4) is 0 Å². The highest BCUT2D eigenvalue weighted by atomic mass is 32.2. The molecule has 1 atom stereocenters. The Hall–Kier alpha value is -0.500. The summed E-state index contributed by atoms with van der Waals surface area (Å²) in [6, 6.07) is 0. The van der Waals surface area contributed by atoms with E-state index in [1.807, 2.05) is 6.92 Å². The van der Waals surface area contributed by atoms with Crippen molar-refractivity contribution in [3.8, 4) is 0 Å². The van der Waals surface area contributed by atoms with E-state index in [2.05, 4.69) is 10.3 Å². The van der Waals surface area contributed by atoms with Gasteiger partial charge in [-0.15, -0.1) is 11.3 Å². The van der Waals surface area contributed by atoms with E-state index in [4.69, 9.17) is 0 Å². The van der Waals surface area contributed by atoms with Gasteiger partial charge in [-0.25, -0.2) is 13.4 Å². The van der Waals surface area contributed by atoms with Crippen molar-refractivity contribution in [3.05, 3.63) is 16.1 Å². The number of rotatable bonds is 5. The first kappa shape index (κ1) is 14.9. The largest absolute Gasteiger partial charge is 0.316 e. The van der Waals surface area contributed by atoms with Crippen molar-refractivity contribution in [1.29, 1.82) is 0 Å². The van der Waals surface area contributed by atoms with E-state index in [0.29, 0.717) is 6.54 Å². The minimum Gasteiger partial charge on any atom is -0.316 e. The summed E-state index contributed by atoms with van der Waals surface area (Å²) in [5, 5.41) is 3.26. The molecule has 0 bridgehead atoms. The molecule has 1 aliphatic rings. The fourth-order valence-electron chi connectivity index (χ4n) is 2.27. The molecular formula is C12H21N3O2S2. The summed E-state index contributed by atoms with van der Waals surface area (Å²) in [6.45, 7) is 4.16. The molecule has 0 aromatic carbocycles. The van der Waals surface area contributed by atoms with Crippen molar-refractivity contribution < 1.29 is 8.42 Å². The lowest BCUT2D eigenvalue weighted by atomic mass is 10.0. The second-order valence-corrected chi connectivity index (χ2v) is 8.17. The zero-order valence-corrected chi connectivity index (χ0v) is 13.1. The molecule has 1 unspecified atom stereocenters. The molecule has 0 spiro atoms. The molecule has 108 valence electrons. The predicted molar refractivity (Wildman–Crippen MR) is 77.7 cm³/mol. The number of hydrogen-bond acceptors (Lipinski definition) is 5. The van der Waals surface area contributed by atoms with Crippen LogP contribution in [-0.2, 0) is 16.6 Å². The third kappa shape index (κ3) is 3.98. The molecule has 1 saturated heterocycles. The highest BCUT2D eigenvalue weighted by molar-refractivity contribution is 7.89. The van der Waals surface area contributed by atoms with E-state index >= 15 is 0 Å². The van der Waals surface area contributed by atoms with Gasteiger partial charge in [-0.3, -0.25) is 0 Å². The Labute approximate surface area is 119 Å². The van der Waals surface area contributed by atoms with Crippen LogP contribution >= 0.6 is 11.3 Å². The van der Waals surface area contributed by atoms with Gasteiger partial charge in [-0.1, -0.05) is 0 Å². The number of thiazole rings is 1. The smallest absolute Gasteiger partial charge is 0.214 e. The van der Waals surface area contributed by atoms with Gasteiger partial charge in [0, 0.05) is 18.5 Å². The first-order chi connectivity index (χ1) is 8.99. The van der Waals surface area contributed by atoms with Crippen LogP contribution in [0.4, 0.5) is 0 Å². The monoisotopic (exact) mass is 303 g/mol. The molecule has 2 rings (SSSR count). The fourth-order valence-corrected chi connectivity index (χ4v) is 4.64. The number of piperidine rings is 1. The maximum Gasteiger partial charge on any atom is 0.214 e. The van der Waals surface area contributed by atoms with Crippen molar-refractivity contribution >= 4 is 21.4 Å². The van der Waals surface area contributed by atoms with E-state index in [1.54, 1.807) is 12.6 Å². The molecule has 5 nitrogen and oxygen atoms in total. The third-order valence-corrected chi connectivity index (χ3v) is 6.42. The molecule has 0 aliphatic carbocycles. The van der Waals surface area contributed by atoms with Gasteiger partial charge in [0.05, 0.1) is 17.0 Å². The van der Waals surface area contributed by atoms with Crippen LogP contribution in [0.2, 0.25) is 0 Å².